The minimum absolute atomic E-state index is 0.0908. The molecule has 16 heavy (non-hydrogen) atoms. The van der Waals surface area contributed by atoms with Crippen molar-refractivity contribution in [1.82, 2.24) is 4.90 Å². The lowest BCUT2D eigenvalue weighted by atomic mass is 10.1. The molecule has 0 radical (unpaired) electrons. The van der Waals surface area contributed by atoms with Gasteiger partial charge in [0.15, 0.2) is 0 Å². The van der Waals surface area contributed by atoms with Gasteiger partial charge in [-0.25, -0.2) is 0 Å². The first kappa shape index (κ1) is 10.8. The fourth-order valence-electron chi connectivity index (χ4n) is 1.74. The average molecular weight is 213 g/mol. The van der Waals surface area contributed by atoms with Gasteiger partial charge in [-0.3, -0.25) is 4.79 Å². The van der Waals surface area contributed by atoms with Gasteiger partial charge in [0.05, 0.1) is 0 Å². The van der Waals surface area contributed by atoms with Gasteiger partial charge >= 0.3 is 0 Å². The molecule has 0 N–H and O–H groups in total. The van der Waals surface area contributed by atoms with Gasteiger partial charge in [0.25, 0.3) is 0 Å². The number of hydrogen-bond donors (Lipinski definition) is 0. The van der Waals surface area contributed by atoms with Crippen LogP contribution in [-0.4, -0.2) is 23.8 Å². The predicted molar refractivity (Wildman–Crippen MR) is 64.1 cm³/mol. The molecular formula is C14H15NO. The monoisotopic (exact) mass is 213 g/mol. The standard InChI is InChI=1S/C14H15NO/c1-12-4-6-13(7-5-12)14(16)8-11-15-9-2-3-10-15/h4-7H,2-3,9-10H2,1H3. The van der Waals surface area contributed by atoms with E-state index >= 15 is 0 Å². The molecular weight excluding hydrogens is 198 g/mol. The molecule has 0 saturated carbocycles. The van der Waals surface area contributed by atoms with Crippen molar-refractivity contribution in [3.05, 3.63) is 35.4 Å². The Morgan fingerprint density at radius 2 is 1.81 bits per heavy atom. The number of carbonyl (C=O) groups excluding carboxylic acids is 1. The van der Waals surface area contributed by atoms with Crippen LogP contribution in [0.25, 0.3) is 0 Å². The van der Waals surface area contributed by atoms with Crippen LogP contribution >= 0.6 is 0 Å². The molecule has 0 aromatic heterocycles. The van der Waals surface area contributed by atoms with E-state index in [-0.39, 0.29) is 5.78 Å². The number of rotatable bonds is 1. The average Bonchev–Trinajstić information content (AvgIpc) is 2.80. The first-order valence-electron chi connectivity index (χ1n) is 5.63. The van der Waals surface area contributed by atoms with Gasteiger partial charge in [-0.1, -0.05) is 29.8 Å². The molecule has 2 nitrogen and oxygen atoms in total. The van der Waals surface area contributed by atoms with Crippen molar-refractivity contribution in [2.75, 3.05) is 13.1 Å². The number of nitrogens with zero attached hydrogens (tertiary/aromatic N) is 1. The molecule has 2 rings (SSSR count). The second-order valence-electron chi connectivity index (χ2n) is 4.13. The molecule has 1 aliphatic heterocycles. The summed E-state index contributed by atoms with van der Waals surface area (Å²) in [5.41, 5.74) is 1.83. The summed E-state index contributed by atoms with van der Waals surface area (Å²) in [5.74, 6) is 2.61. The fourth-order valence-corrected chi connectivity index (χ4v) is 1.74. The summed E-state index contributed by atoms with van der Waals surface area (Å²) >= 11 is 0. The van der Waals surface area contributed by atoms with E-state index in [2.05, 4.69) is 12.0 Å². The van der Waals surface area contributed by atoms with Crippen molar-refractivity contribution < 1.29 is 4.79 Å². The number of carbonyl (C=O) groups is 1. The van der Waals surface area contributed by atoms with Crippen molar-refractivity contribution >= 4 is 5.78 Å². The number of ketones is 1. The van der Waals surface area contributed by atoms with Gasteiger partial charge in [-0.15, -0.1) is 0 Å². The molecule has 0 bridgehead atoms. The Bertz CT molecular complexity index is 430. The second-order valence-corrected chi connectivity index (χ2v) is 4.13. The normalized spacial score (nSPS) is 14.4. The highest BCUT2D eigenvalue weighted by molar-refractivity contribution is 6.08. The maximum atomic E-state index is 11.7. The van der Waals surface area contributed by atoms with Crippen LogP contribution in [0.4, 0.5) is 0 Å². The van der Waals surface area contributed by atoms with Crippen LogP contribution in [0.5, 0.6) is 0 Å². The summed E-state index contributed by atoms with van der Waals surface area (Å²) in [7, 11) is 0. The Morgan fingerprint density at radius 3 is 2.44 bits per heavy atom. The summed E-state index contributed by atoms with van der Waals surface area (Å²) in [6.45, 7) is 3.99. The van der Waals surface area contributed by atoms with E-state index in [0.29, 0.717) is 5.56 Å². The molecule has 82 valence electrons. The van der Waals surface area contributed by atoms with E-state index < -0.39 is 0 Å². The zero-order valence-corrected chi connectivity index (χ0v) is 9.49. The van der Waals surface area contributed by atoms with E-state index in [9.17, 15) is 4.79 Å². The number of hydrogen-bond acceptors (Lipinski definition) is 2. The van der Waals surface area contributed by atoms with Crippen molar-refractivity contribution in [2.45, 2.75) is 19.8 Å². The van der Waals surface area contributed by atoms with Crippen molar-refractivity contribution in [1.29, 1.82) is 0 Å². The van der Waals surface area contributed by atoms with E-state index in [1.165, 1.54) is 12.8 Å². The molecule has 1 saturated heterocycles. The highest BCUT2D eigenvalue weighted by Gasteiger charge is 2.07. The summed E-state index contributed by atoms with van der Waals surface area (Å²) in [4.78, 5) is 13.7. The smallest absolute Gasteiger partial charge is 0.237 e. The van der Waals surface area contributed by atoms with E-state index in [4.69, 9.17) is 0 Å². The number of Topliss-reactive ketones (excluding diaryl/α,β-unsaturated/α-hetero) is 1. The summed E-state index contributed by atoms with van der Waals surface area (Å²) in [6.07, 6.45) is 2.38. The highest BCUT2D eigenvalue weighted by Crippen LogP contribution is 2.06. The molecule has 1 aromatic rings. The maximum Gasteiger partial charge on any atom is 0.237 e. The van der Waals surface area contributed by atoms with Gasteiger partial charge in [0.1, 0.15) is 0 Å². The molecule has 0 amide bonds. The summed E-state index contributed by atoms with van der Waals surface area (Å²) < 4.78 is 0. The van der Waals surface area contributed by atoms with Gasteiger partial charge in [-0.2, -0.15) is 0 Å². The SMILES string of the molecule is Cc1ccc(C(=O)C#CN2CCCC2)cc1. The van der Waals surface area contributed by atoms with Crippen LogP contribution < -0.4 is 0 Å². The van der Waals surface area contributed by atoms with Crippen LogP contribution in [0, 0.1) is 18.9 Å². The first-order chi connectivity index (χ1) is 7.75. The van der Waals surface area contributed by atoms with E-state index in [1.54, 1.807) is 0 Å². The lowest BCUT2D eigenvalue weighted by molar-refractivity contribution is 0.105. The molecule has 0 atom stereocenters. The van der Waals surface area contributed by atoms with Crippen LogP contribution in [0.15, 0.2) is 24.3 Å². The second kappa shape index (κ2) is 4.85. The quantitative estimate of drug-likeness (QED) is 0.526. The third kappa shape index (κ3) is 2.64. The van der Waals surface area contributed by atoms with Crippen LogP contribution in [0.2, 0.25) is 0 Å². The van der Waals surface area contributed by atoms with Gasteiger partial charge < -0.3 is 4.90 Å². The lowest BCUT2D eigenvalue weighted by Crippen LogP contribution is -2.12. The Hall–Kier alpha value is -1.75. The summed E-state index contributed by atoms with van der Waals surface area (Å²) in [5, 5.41) is 0. The molecule has 0 aliphatic carbocycles. The van der Waals surface area contributed by atoms with Crippen molar-refractivity contribution in [2.24, 2.45) is 0 Å². The van der Waals surface area contributed by atoms with Gasteiger partial charge in [-0.05, 0) is 25.7 Å². The highest BCUT2D eigenvalue weighted by atomic mass is 16.1. The molecule has 0 unspecified atom stereocenters. The Morgan fingerprint density at radius 1 is 1.19 bits per heavy atom. The molecule has 1 aliphatic rings. The fraction of sp³-hybridized carbons (Fsp3) is 0.357. The third-order valence-corrected chi connectivity index (χ3v) is 2.75. The topological polar surface area (TPSA) is 20.3 Å². The molecule has 1 fully saturated rings. The zero-order valence-electron chi connectivity index (χ0n) is 9.49. The minimum Gasteiger partial charge on any atom is -0.332 e. The van der Waals surface area contributed by atoms with Crippen LogP contribution in [0.3, 0.4) is 0 Å². The number of aryl methyl sites for hydroxylation is 1. The van der Waals surface area contributed by atoms with Gasteiger partial charge in [0.2, 0.25) is 5.78 Å². The first-order valence-corrected chi connectivity index (χ1v) is 5.63. The van der Waals surface area contributed by atoms with E-state index in [0.717, 1.165) is 18.7 Å². The largest absolute Gasteiger partial charge is 0.332 e. The Labute approximate surface area is 96.3 Å². The molecule has 0 spiro atoms. The summed E-state index contributed by atoms with van der Waals surface area (Å²) in [6, 6.07) is 10.5. The minimum atomic E-state index is -0.0908. The maximum absolute atomic E-state index is 11.7. The predicted octanol–water partition coefficient (Wildman–Crippen LogP) is 2.23. The van der Waals surface area contributed by atoms with E-state index in [1.807, 2.05) is 36.1 Å². The van der Waals surface area contributed by atoms with Crippen molar-refractivity contribution in [3.8, 4) is 12.0 Å². The Balaban J connectivity index is 2.04. The third-order valence-electron chi connectivity index (χ3n) is 2.75. The van der Waals surface area contributed by atoms with Crippen molar-refractivity contribution in [3.63, 3.8) is 0 Å². The molecule has 1 heterocycles. The van der Waals surface area contributed by atoms with Crippen LogP contribution in [-0.2, 0) is 0 Å². The number of benzene rings is 1. The van der Waals surface area contributed by atoms with Gasteiger partial charge in [0, 0.05) is 24.7 Å². The molecule has 2 heteroatoms. The zero-order chi connectivity index (χ0) is 11.4. The Kier molecular flexibility index (Phi) is 3.26. The van der Waals surface area contributed by atoms with Crippen LogP contribution in [0.1, 0.15) is 28.8 Å². The molecule has 1 aromatic carbocycles. The number of likely N-dealkylation sites (tertiary alicyclic amines) is 1. The lowest BCUT2D eigenvalue weighted by Gasteiger charge is -2.05.